The number of rotatable bonds is 10. The Morgan fingerprint density at radius 2 is 1.79 bits per heavy atom. The van der Waals surface area contributed by atoms with E-state index in [4.69, 9.17) is 13.8 Å². The highest BCUT2D eigenvalue weighted by molar-refractivity contribution is 7.53. The molecule has 0 spiro atoms. The lowest BCUT2D eigenvalue weighted by Gasteiger charge is -2.39. The molecule has 1 amide bonds. The number of phenols is 1. The van der Waals surface area contributed by atoms with Gasteiger partial charge in [-0.3, -0.25) is 14.3 Å². The summed E-state index contributed by atoms with van der Waals surface area (Å²) in [6, 6.07) is 9.20. The number of amides is 1. The highest BCUT2D eigenvalue weighted by atomic mass is 31.2. The van der Waals surface area contributed by atoms with Gasteiger partial charge in [-0.2, -0.15) is 0 Å². The van der Waals surface area contributed by atoms with Crippen LogP contribution in [0.5, 0.6) is 11.6 Å². The van der Waals surface area contributed by atoms with Crippen LogP contribution in [0.25, 0.3) is 21.7 Å². The molecule has 10 nitrogen and oxygen atoms in total. The number of likely N-dealkylation sites (tertiary alicyclic amines) is 1. The van der Waals surface area contributed by atoms with E-state index in [-0.39, 0.29) is 85.1 Å². The number of hydrogen-bond donors (Lipinski definition) is 2. The van der Waals surface area contributed by atoms with Gasteiger partial charge in [-0.25, -0.2) is 4.39 Å². The molecule has 1 aliphatic heterocycles. The summed E-state index contributed by atoms with van der Waals surface area (Å²) in [4.78, 5) is 19.6. The van der Waals surface area contributed by atoms with Crippen molar-refractivity contribution in [2.24, 2.45) is 0 Å². The second-order valence-corrected chi connectivity index (χ2v) is 11.2. The van der Waals surface area contributed by atoms with Crippen molar-refractivity contribution in [3.8, 4) is 11.6 Å². The largest absolute Gasteiger partial charge is 0.505 e. The van der Waals surface area contributed by atoms with Crippen LogP contribution in [-0.2, 0) is 24.9 Å². The van der Waals surface area contributed by atoms with E-state index in [9.17, 15) is 24.0 Å². The Morgan fingerprint density at radius 1 is 1.10 bits per heavy atom. The van der Waals surface area contributed by atoms with Crippen LogP contribution in [-0.4, -0.2) is 69.3 Å². The average Bonchev–Trinajstić information content (AvgIpc) is 3.20. The van der Waals surface area contributed by atoms with Crippen LogP contribution in [0, 0.1) is 5.82 Å². The molecular formula is C27H29FN3O7P. The quantitative estimate of drug-likeness (QED) is 0.265. The van der Waals surface area contributed by atoms with Gasteiger partial charge in [0.2, 0.25) is 5.88 Å². The van der Waals surface area contributed by atoms with Gasteiger partial charge in [0.05, 0.1) is 36.8 Å². The Morgan fingerprint density at radius 3 is 2.46 bits per heavy atom. The van der Waals surface area contributed by atoms with Crippen molar-refractivity contribution < 1.29 is 37.7 Å². The number of hydrogen-bond acceptors (Lipinski definition) is 8. The zero-order valence-electron chi connectivity index (χ0n) is 21.5. The third kappa shape index (κ3) is 5.23. The molecule has 2 aromatic heterocycles. The molecule has 0 aliphatic carbocycles. The van der Waals surface area contributed by atoms with Crippen LogP contribution in [0.3, 0.4) is 0 Å². The van der Waals surface area contributed by atoms with E-state index in [0.29, 0.717) is 10.8 Å². The minimum atomic E-state index is -3.37. The summed E-state index contributed by atoms with van der Waals surface area (Å²) in [5.74, 6) is -1.17. The summed E-state index contributed by atoms with van der Waals surface area (Å²) < 4.78 is 43.8. The molecule has 0 saturated carbocycles. The van der Waals surface area contributed by atoms with E-state index < -0.39 is 7.60 Å². The monoisotopic (exact) mass is 557 g/mol. The fraction of sp³-hybridized carbons (Fsp3) is 0.333. The summed E-state index contributed by atoms with van der Waals surface area (Å²) >= 11 is 0. The van der Waals surface area contributed by atoms with Crippen LogP contribution in [0.15, 0.2) is 48.8 Å². The van der Waals surface area contributed by atoms with E-state index in [1.807, 2.05) is 0 Å². The number of aromatic nitrogens is 2. The summed E-state index contributed by atoms with van der Waals surface area (Å²) in [6.07, 6.45) is 2.54. The highest BCUT2D eigenvalue weighted by Crippen LogP contribution is 2.48. The maximum absolute atomic E-state index is 13.8. The van der Waals surface area contributed by atoms with Gasteiger partial charge in [-0.15, -0.1) is 0 Å². The molecule has 39 heavy (non-hydrogen) atoms. The number of nitrogens with zero attached hydrogens (tertiary/aromatic N) is 3. The molecule has 0 bridgehead atoms. The second-order valence-electron chi connectivity index (χ2n) is 9.19. The number of benzene rings is 2. The number of pyridine rings is 1. The van der Waals surface area contributed by atoms with E-state index in [1.165, 1.54) is 22.9 Å². The number of carbonyl (C=O) groups excluding carboxylic acids is 1. The van der Waals surface area contributed by atoms with Crippen LogP contribution < -0.4 is 0 Å². The number of fused-ring (bicyclic) bond motifs is 2. The summed E-state index contributed by atoms with van der Waals surface area (Å²) in [5, 5.41) is 23.0. The first-order valence-electron chi connectivity index (χ1n) is 12.6. The maximum atomic E-state index is 13.8. The Bertz CT molecular complexity index is 1560. The molecule has 3 heterocycles. The maximum Gasteiger partial charge on any atom is 0.356 e. The minimum Gasteiger partial charge on any atom is -0.505 e. The van der Waals surface area contributed by atoms with Crippen molar-refractivity contribution >= 4 is 35.2 Å². The lowest BCUT2D eigenvalue weighted by molar-refractivity contribution is -0.0320. The van der Waals surface area contributed by atoms with Crippen LogP contribution in [0.2, 0.25) is 0 Å². The molecule has 0 radical (unpaired) electrons. The Balaban J connectivity index is 1.44. The van der Waals surface area contributed by atoms with Crippen molar-refractivity contribution in [2.75, 3.05) is 32.7 Å². The normalized spacial score (nSPS) is 14.3. The first kappa shape index (κ1) is 27.1. The molecule has 4 aromatic rings. The molecule has 2 N–H and O–H groups in total. The predicted molar refractivity (Wildman–Crippen MR) is 143 cm³/mol. The van der Waals surface area contributed by atoms with Crippen LogP contribution in [0.1, 0.15) is 29.8 Å². The first-order valence-corrected chi connectivity index (χ1v) is 14.3. The van der Waals surface area contributed by atoms with Crippen molar-refractivity contribution in [3.05, 3.63) is 65.7 Å². The van der Waals surface area contributed by atoms with Gasteiger partial charge in [0.25, 0.3) is 5.91 Å². The van der Waals surface area contributed by atoms with Crippen molar-refractivity contribution in [2.45, 2.75) is 26.5 Å². The third-order valence-corrected chi connectivity index (χ3v) is 8.36. The number of carbonyl (C=O) groups is 1. The Labute approximate surface area is 224 Å². The first-order chi connectivity index (χ1) is 18.7. The summed E-state index contributed by atoms with van der Waals surface area (Å²) in [5.41, 5.74) is 1.19. The molecular weight excluding hydrogens is 528 g/mol. The molecule has 206 valence electrons. The smallest absolute Gasteiger partial charge is 0.356 e. The van der Waals surface area contributed by atoms with Crippen LogP contribution >= 0.6 is 7.60 Å². The predicted octanol–water partition coefficient (Wildman–Crippen LogP) is 4.85. The van der Waals surface area contributed by atoms with Gasteiger partial charge in [0, 0.05) is 36.3 Å². The van der Waals surface area contributed by atoms with Crippen molar-refractivity contribution in [1.82, 2.24) is 14.5 Å². The van der Waals surface area contributed by atoms with Gasteiger partial charge in [0.1, 0.15) is 17.7 Å². The molecule has 1 fully saturated rings. The van der Waals surface area contributed by atoms with E-state index >= 15 is 0 Å². The standard InChI is InChI=1S/C27H29FN3O7P/c1-3-37-39(35,38-4-2)16-36-19-13-31(14-19)26(33)22-20-6-5-11-29-24(20)25(32)23-21(22)15-30(27(23)34)12-17-7-9-18(28)10-8-17/h5-11,15,19,32,34H,3-4,12-14,16H2,1-2H3. The molecule has 2 aromatic carbocycles. The lowest BCUT2D eigenvalue weighted by Crippen LogP contribution is -2.54. The summed E-state index contributed by atoms with van der Waals surface area (Å²) in [7, 11) is -3.37. The molecule has 1 saturated heterocycles. The molecule has 12 heteroatoms. The van der Waals surface area contributed by atoms with E-state index in [1.54, 1.807) is 49.2 Å². The Kier molecular flexibility index (Phi) is 7.59. The van der Waals surface area contributed by atoms with Crippen molar-refractivity contribution in [3.63, 3.8) is 0 Å². The molecule has 1 aliphatic rings. The number of phenolic OH excluding ortho intramolecular Hbond substituents is 1. The topological polar surface area (TPSA) is 123 Å². The van der Waals surface area contributed by atoms with Gasteiger partial charge in [0.15, 0.2) is 5.75 Å². The fourth-order valence-corrected chi connectivity index (χ4v) is 6.14. The third-order valence-electron chi connectivity index (χ3n) is 6.59. The highest BCUT2D eigenvalue weighted by Gasteiger charge is 2.37. The molecule has 0 unspecified atom stereocenters. The SMILES string of the molecule is CCOP(=O)(COC1CN(C(=O)c2c3cccnc3c(O)c3c(O)n(Cc4ccc(F)cc4)cc23)C1)OCC. The summed E-state index contributed by atoms with van der Waals surface area (Å²) in [6.45, 7) is 4.59. The minimum absolute atomic E-state index is 0.106. The van der Waals surface area contributed by atoms with Gasteiger partial charge in [-0.05, 0) is 37.6 Å². The lowest BCUT2D eigenvalue weighted by atomic mass is 9.98. The molecule has 0 atom stereocenters. The fourth-order valence-electron chi connectivity index (χ4n) is 4.73. The van der Waals surface area contributed by atoms with E-state index in [2.05, 4.69) is 4.98 Å². The van der Waals surface area contributed by atoms with Crippen LogP contribution in [0.4, 0.5) is 4.39 Å². The second kappa shape index (κ2) is 10.9. The average molecular weight is 558 g/mol. The molecule has 5 rings (SSSR count). The zero-order valence-corrected chi connectivity index (χ0v) is 22.4. The van der Waals surface area contributed by atoms with E-state index in [0.717, 1.165) is 5.56 Å². The van der Waals surface area contributed by atoms with Gasteiger partial charge in [-0.1, -0.05) is 18.2 Å². The zero-order chi connectivity index (χ0) is 27.7. The van der Waals surface area contributed by atoms with Gasteiger partial charge < -0.3 is 33.5 Å². The van der Waals surface area contributed by atoms with Gasteiger partial charge >= 0.3 is 7.60 Å². The van der Waals surface area contributed by atoms with Crippen molar-refractivity contribution in [1.29, 1.82) is 0 Å². The number of halogens is 1. The number of aromatic hydroxyl groups is 2. The number of ether oxygens (including phenoxy) is 1. The Hall–Kier alpha value is -3.50.